The number of halogens is 4. The highest BCUT2D eigenvalue weighted by atomic mass is 79.9. The third kappa shape index (κ3) is 1.80. The smallest absolute Gasteiger partial charge is 0.0864 e. The van der Waals surface area contributed by atoms with Gasteiger partial charge in [-0.05, 0) is 63.7 Å². The quantitative estimate of drug-likeness (QED) is 0.588. The standard InChI is InChI=1S/C4Br4S/c5-1-2(6)4(8)9-3(1)7. The summed E-state index contributed by atoms with van der Waals surface area (Å²) in [5, 5.41) is 0. The Morgan fingerprint density at radius 1 is 0.778 bits per heavy atom. The van der Waals surface area contributed by atoms with Gasteiger partial charge in [-0.1, -0.05) is 0 Å². The first kappa shape index (κ1) is 8.71. The Kier molecular flexibility index (Phi) is 3.24. The highest BCUT2D eigenvalue weighted by Crippen LogP contribution is 2.43. The second kappa shape index (κ2) is 3.34. The second-order valence-corrected chi connectivity index (χ2v) is 6.52. The maximum atomic E-state index is 3.39. The van der Waals surface area contributed by atoms with E-state index in [2.05, 4.69) is 63.7 Å². The van der Waals surface area contributed by atoms with Gasteiger partial charge in [0, 0.05) is 0 Å². The lowest BCUT2D eigenvalue weighted by molar-refractivity contribution is 1.72. The van der Waals surface area contributed by atoms with Crippen LogP contribution in [0.1, 0.15) is 0 Å². The molecule has 0 bridgehead atoms. The molecular weight excluding hydrogens is 400 g/mol. The number of hydrogen-bond donors (Lipinski definition) is 0. The fourth-order valence-electron chi connectivity index (χ4n) is 0.341. The molecule has 9 heavy (non-hydrogen) atoms. The molecule has 0 aliphatic carbocycles. The summed E-state index contributed by atoms with van der Waals surface area (Å²) < 4.78 is 4.33. The maximum Gasteiger partial charge on any atom is 0.0864 e. The van der Waals surface area contributed by atoms with Crippen LogP contribution in [0.4, 0.5) is 0 Å². The third-order valence-electron chi connectivity index (χ3n) is 0.717. The van der Waals surface area contributed by atoms with E-state index in [4.69, 9.17) is 0 Å². The van der Waals surface area contributed by atoms with E-state index in [0.29, 0.717) is 0 Å². The van der Waals surface area contributed by atoms with Crippen LogP contribution in [0.15, 0.2) is 16.5 Å². The molecule has 0 amide bonds. The van der Waals surface area contributed by atoms with Crippen molar-refractivity contribution >= 4 is 75.1 Å². The average Bonchev–Trinajstić information content (AvgIpc) is 1.98. The van der Waals surface area contributed by atoms with E-state index in [1.807, 2.05) is 0 Å². The third-order valence-corrected chi connectivity index (χ3v) is 6.96. The van der Waals surface area contributed by atoms with E-state index in [1.165, 1.54) is 0 Å². The van der Waals surface area contributed by atoms with Crippen molar-refractivity contribution in [3.63, 3.8) is 0 Å². The van der Waals surface area contributed by atoms with Crippen LogP contribution >= 0.6 is 75.1 Å². The number of thiophene rings is 1. The molecule has 0 spiro atoms. The zero-order valence-corrected chi connectivity index (χ0v) is 11.1. The zero-order valence-electron chi connectivity index (χ0n) is 3.92. The molecule has 0 fully saturated rings. The van der Waals surface area contributed by atoms with Crippen molar-refractivity contribution in [1.29, 1.82) is 0 Å². The van der Waals surface area contributed by atoms with Gasteiger partial charge >= 0.3 is 0 Å². The zero-order chi connectivity index (χ0) is 7.02. The van der Waals surface area contributed by atoms with Crippen LogP contribution in [0.5, 0.6) is 0 Å². The lowest BCUT2D eigenvalue weighted by atomic mass is 10.7. The van der Waals surface area contributed by atoms with Crippen molar-refractivity contribution in [2.45, 2.75) is 0 Å². The molecule has 0 unspecified atom stereocenters. The molecule has 0 radical (unpaired) electrons. The van der Waals surface area contributed by atoms with Crippen molar-refractivity contribution in [2.75, 3.05) is 0 Å². The molecule has 1 rings (SSSR count). The van der Waals surface area contributed by atoms with Crippen molar-refractivity contribution in [3.05, 3.63) is 16.5 Å². The van der Waals surface area contributed by atoms with Crippen LogP contribution in [0, 0.1) is 0 Å². The van der Waals surface area contributed by atoms with E-state index in [0.717, 1.165) is 16.5 Å². The van der Waals surface area contributed by atoms with Crippen LogP contribution < -0.4 is 0 Å². The number of hydrogen-bond acceptors (Lipinski definition) is 1. The molecule has 5 heteroatoms. The summed E-state index contributed by atoms with van der Waals surface area (Å²) >= 11 is 15.2. The first-order valence-electron chi connectivity index (χ1n) is 1.91. The minimum atomic E-state index is 1.07. The van der Waals surface area contributed by atoms with Crippen LogP contribution in [0.3, 0.4) is 0 Å². The Morgan fingerprint density at radius 3 is 1.22 bits per heavy atom. The SMILES string of the molecule is Brc1sc(Br)c(Br)c1Br. The van der Waals surface area contributed by atoms with Gasteiger partial charge in [0.25, 0.3) is 0 Å². The van der Waals surface area contributed by atoms with Crippen LogP contribution in [-0.2, 0) is 0 Å². The van der Waals surface area contributed by atoms with Crippen molar-refractivity contribution in [2.24, 2.45) is 0 Å². The van der Waals surface area contributed by atoms with Crippen LogP contribution in [-0.4, -0.2) is 0 Å². The average molecular weight is 400 g/mol. The minimum absolute atomic E-state index is 1.07. The van der Waals surface area contributed by atoms with Gasteiger partial charge in [-0.25, -0.2) is 0 Å². The Morgan fingerprint density at radius 2 is 1.11 bits per heavy atom. The molecule has 1 aromatic rings. The van der Waals surface area contributed by atoms with Gasteiger partial charge in [-0.15, -0.1) is 11.3 Å². The molecule has 1 aromatic heterocycles. The van der Waals surface area contributed by atoms with E-state index in [9.17, 15) is 0 Å². The highest BCUT2D eigenvalue weighted by Gasteiger charge is 2.08. The Bertz CT molecular complexity index is 206. The van der Waals surface area contributed by atoms with Gasteiger partial charge in [-0.3, -0.25) is 0 Å². The van der Waals surface area contributed by atoms with Crippen molar-refractivity contribution in [3.8, 4) is 0 Å². The Labute approximate surface area is 90.5 Å². The summed E-state index contributed by atoms with van der Waals surface area (Å²) in [6.45, 7) is 0. The van der Waals surface area contributed by atoms with Crippen molar-refractivity contribution < 1.29 is 0 Å². The van der Waals surface area contributed by atoms with Crippen LogP contribution in [0.2, 0.25) is 0 Å². The van der Waals surface area contributed by atoms with Crippen LogP contribution in [0.25, 0.3) is 0 Å². The molecule has 0 aromatic carbocycles. The maximum absolute atomic E-state index is 3.39. The molecule has 50 valence electrons. The summed E-state index contributed by atoms with van der Waals surface area (Å²) in [6, 6.07) is 0. The molecule has 0 N–H and O–H groups in total. The topological polar surface area (TPSA) is 0 Å². The number of rotatable bonds is 0. The largest absolute Gasteiger partial charge is 0.119 e. The Balaban J connectivity index is 3.29. The lowest BCUT2D eigenvalue weighted by Gasteiger charge is -1.82. The van der Waals surface area contributed by atoms with E-state index >= 15 is 0 Å². The van der Waals surface area contributed by atoms with E-state index < -0.39 is 0 Å². The summed E-state index contributed by atoms with van der Waals surface area (Å²) in [5.41, 5.74) is 0. The first-order valence-corrected chi connectivity index (χ1v) is 5.90. The van der Waals surface area contributed by atoms with E-state index in [-0.39, 0.29) is 0 Å². The lowest BCUT2D eigenvalue weighted by Crippen LogP contribution is -1.54. The second-order valence-electron chi connectivity index (χ2n) is 1.28. The van der Waals surface area contributed by atoms with Gasteiger partial charge < -0.3 is 0 Å². The fourth-order valence-corrected chi connectivity index (χ4v) is 4.58. The highest BCUT2D eigenvalue weighted by molar-refractivity contribution is 9.16. The summed E-state index contributed by atoms with van der Waals surface area (Å²) in [5.74, 6) is 0. The summed E-state index contributed by atoms with van der Waals surface area (Å²) in [7, 11) is 0. The molecule has 0 saturated carbocycles. The predicted molar refractivity (Wildman–Crippen MR) is 55.1 cm³/mol. The van der Waals surface area contributed by atoms with Gasteiger partial charge in [0.2, 0.25) is 0 Å². The van der Waals surface area contributed by atoms with Gasteiger partial charge in [0.15, 0.2) is 0 Å². The molecule has 1 heterocycles. The molecule has 0 aliphatic heterocycles. The van der Waals surface area contributed by atoms with Crippen molar-refractivity contribution in [1.82, 2.24) is 0 Å². The molecule has 0 atom stereocenters. The summed E-state index contributed by atoms with van der Waals surface area (Å²) in [6.07, 6.45) is 0. The minimum Gasteiger partial charge on any atom is -0.119 e. The predicted octanol–water partition coefficient (Wildman–Crippen LogP) is 4.80. The molecular formula is C4Br4S. The molecule has 0 saturated heterocycles. The monoisotopic (exact) mass is 396 g/mol. The van der Waals surface area contributed by atoms with Gasteiger partial charge in [0.1, 0.15) is 0 Å². The summed E-state index contributed by atoms with van der Waals surface area (Å²) in [4.78, 5) is 0. The fraction of sp³-hybridized carbons (Fsp3) is 0. The molecule has 0 nitrogen and oxygen atoms in total. The Hall–Kier alpha value is 1.62. The van der Waals surface area contributed by atoms with Gasteiger partial charge in [0.05, 0.1) is 16.5 Å². The van der Waals surface area contributed by atoms with Gasteiger partial charge in [-0.2, -0.15) is 0 Å². The first-order chi connectivity index (χ1) is 4.13. The van der Waals surface area contributed by atoms with E-state index in [1.54, 1.807) is 11.3 Å². The normalized spacial score (nSPS) is 10.2. The molecule has 0 aliphatic rings.